The second-order valence-electron chi connectivity index (χ2n) is 7.34. The SMILES string of the molecule is COc1ccc(-n2c(C)c(C)n3c4c(=O)n(CCCO)c(=O)n(C)c4nc23)c(OC)c1. The molecule has 0 saturated carbocycles. The molecule has 0 spiro atoms. The summed E-state index contributed by atoms with van der Waals surface area (Å²) in [5, 5.41) is 9.15. The van der Waals surface area contributed by atoms with Crippen LogP contribution in [0.4, 0.5) is 0 Å². The molecule has 0 unspecified atom stereocenters. The zero-order valence-corrected chi connectivity index (χ0v) is 18.2. The number of aromatic nitrogens is 5. The molecule has 0 aliphatic carbocycles. The van der Waals surface area contributed by atoms with Crippen LogP contribution in [0.2, 0.25) is 0 Å². The number of hydrogen-bond acceptors (Lipinski definition) is 6. The lowest BCUT2D eigenvalue weighted by molar-refractivity contribution is 0.277. The van der Waals surface area contributed by atoms with Gasteiger partial charge in [-0.05, 0) is 32.4 Å². The number of aliphatic hydroxyl groups is 1. The van der Waals surface area contributed by atoms with E-state index < -0.39 is 11.2 Å². The van der Waals surface area contributed by atoms with Crippen LogP contribution in [0.25, 0.3) is 22.6 Å². The van der Waals surface area contributed by atoms with Crippen molar-refractivity contribution in [3.63, 3.8) is 0 Å². The first-order valence-electron chi connectivity index (χ1n) is 9.88. The van der Waals surface area contributed by atoms with E-state index in [1.54, 1.807) is 31.7 Å². The third kappa shape index (κ3) is 2.94. The highest BCUT2D eigenvalue weighted by atomic mass is 16.5. The Balaban J connectivity index is 2.12. The predicted octanol–water partition coefficient (Wildman–Crippen LogP) is 1.16. The van der Waals surface area contributed by atoms with Gasteiger partial charge < -0.3 is 14.6 Å². The molecule has 3 aromatic heterocycles. The Kier molecular flexibility index (Phi) is 5.10. The molecule has 1 aromatic carbocycles. The van der Waals surface area contributed by atoms with Crippen LogP contribution >= 0.6 is 0 Å². The predicted molar refractivity (Wildman–Crippen MR) is 116 cm³/mol. The topological polar surface area (TPSA) is 105 Å². The summed E-state index contributed by atoms with van der Waals surface area (Å²) in [7, 11) is 4.75. The number of ether oxygens (including phenoxy) is 2. The van der Waals surface area contributed by atoms with Crippen LogP contribution in [0.15, 0.2) is 27.8 Å². The summed E-state index contributed by atoms with van der Waals surface area (Å²) in [6.45, 7) is 3.86. The molecule has 10 nitrogen and oxygen atoms in total. The summed E-state index contributed by atoms with van der Waals surface area (Å²) < 4.78 is 17.1. The summed E-state index contributed by atoms with van der Waals surface area (Å²) in [4.78, 5) is 30.7. The lowest BCUT2D eigenvalue weighted by Gasteiger charge is -2.13. The Morgan fingerprint density at radius 1 is 1.10 bits per heavy atom. The van der Waals surface area contributed by atoms with Crippen LogP contribution in [0.3, 0.4) is 0 Å². The molecular formula is C21H25N5O5. The molecule has 3 heterocycles. The molecule has 4 rings (SSSR count). The Morgan fingerprint density at radius 3 is 2.48 bits per heavy atom. The van der Waals surface area contributed by atoms with Crippen molar-refractivity contribution < 1.29 is 14.6 Å². The van der Waals surface area contributed by atoms with Gasteiger partial charge in [-0.3, -0.25) is 22.9 Å². The summed E-state index contributed by atoms with van der Waals surface area (Å²) in [5.41, 5.74) is 2.16. The average Bonchev–Trinajstić information content (AvgIpc) is 3.27. The number of fused-ring (bicyclic) bond motifs is 3. The van der Waals surface area contributed by atoms with Crippen molar-refractivity contribution >= 4 is 16.9 Å². The maximum absolute atomic E-state index is 13.3. The third-order valence-electron chi connectivity index (χ3n) is 5.69. The quantitative estimate of drug-likeness (QED) is 0.495. The Morgan fingerprint density at radius 2 is 1.84 bits per heavy atom. The molecule has 0 saturated heterocycles. The van der Waals surface area contributed by atoms with Crippen molar-refractivity contribution in [1.29, 1.82) is 0 Å². The molecular weight excluding hydrogens is 402 g/mol. The lowest BCUT2D eigenvalue weighted by Crippen LogP contribution is -2.39. The van der Waals surface area contributed by atoms with Crippen molar-refractivity contribution in [3.8, 4) is 17.2 Å². The van der Waals surface area contributed by atoms with E-state index in [4.69, 9.17) is 14.6 Å². The summed E-state index contributed by atoms with van der Waals surface area (Å²) >= 11 is 0. The first-order valence-corrected chi connectivity index (χ1v) is 9.88. The molecule has 31 heavy (non-hydrogen) atoms. The largest absolute Gasteiger partial charge is 0.497 e. The van der Waals surface area contributed by atoms with Crippen molar-refractivity contribution in [2.75, 3.05) is 20.8 Å². The maximum Gasteiger partial charge on any atom is 0.332 e. The molecule has 0 radical (unpaired) electrons. The van der Waals surface area contributed by atoms with Crippen LogP contribution < -0.4 is 20.7 Å². The van der Waals surface area contributed by atoms with E-state index in [0.29, 0.717) is 34.9 Å². The van der Waals surface area contributed by atoms with Gasteiger partial charge in [0.25, 0.3) is 5.56 Å². The smallest absolute Gasteiger partial charge is 0.332 e. The first-order chi connectivity index (χ1) is 14.8. The molecule has 0 bridgehead atoms. The molecule has 164 valence electrons. The van der Waals surface area contributed by atoms with Crippen LogP contribution in [0.5, 0.6) is 11.5 Å². The van der Waals surface area contributed by atoms with Crippen molar-refractivity contribution in [2.45, 2.75) is 26.8 Å². The second-order valence-corrected chi connectivity index (χ2v) is 7.34. The fourth-order valence-electron chi connectivity index (χ4n) is 3.93. The minimum atomic E-state index is -0.463. The maximum atomic E-state index is 13.3. The Bertz CT molecular complexity index is 1420. The van der Waals surface area contributed by atoms with Crippen LogP contribution in [0, 0.1) is 13.8 Å². The molecule has 0 atom stereocenters. The van der Waals surface area contributed by atoms with Gasteiger partial charge in [0.15, 0.2) is 11.2 Å². The van der Waals surface area contributed by atoms with Gasteiger partial charge in [-0.1, -0.05) is 0 Å². The number of hydrogen-bond donors (Lipinski definition) is 1. The van der Waals surface area contributed by atoms with Gasteiger partial charge in [-0.15, -0.1) is 0 Å². The van der Waals surface area contributed by atoms with Gasteiger partial charge in [0.05, 0.1) is 19.9 Å². The van der Waals surface area contributed by atoms with Crippen molar-refractivity contribution in [3.05, 3.63) is 50.4 Å². The molecule has 4 aromatic rings. The van der Waals surface area contributed by atoms with Crippen molar-refractivity contribution in [2.24, 2.45) is 7.05 Å². The van der Waals surface area contributed by atoms with Gasteiger partial charge >= 0.3 is 5.69 Å². The monoisotopic (exact) mass is 427 g/mol. The molecule has 0 amide bonds. The van der Waals surface area contributed by atoms with Gasteiger partial charge in [0.2, 0.25) is 5.78 Å². The number of imidazole rings is 2. The minimum absolute atomic E-state index is 0.110. The number of nitrogens with zero attached hydrogens (tertiary/aromatic N) is 5. The molecule has 0 fully saturated rings. The third-order valence-corrected chi connectivity index (χ3v) is 5.69. The highest BCUT2D eigenvalue weighted by molar-refractivity contribution is 5.77. The van der Waals surface area contributed by atoms with E-state index in [1.165, 1.54) is 4.57 Å². The van der Waals surface area contributed by atoms with Gasteiger partial charge in [-0.2, -0.15) is 4.98 Å². The Hall–Kier alpha value is -3.53. The number of aryl methyl sites for hydroxylation is 2. The van der Waals surface area contributed by atoms with Gasteiger partial charge in [0.1, 0.15) is 11.5 Å². The Labute approximate surface area is 177 Å². The van der Waals surface area contributed by atoms with E-state index in [1.807, 2.05) is 30.5 Å². The fraction of sp³-hybridized carbons (Fsp3) is 0.381. The van der Waals surface area contributed by atoms with Crippen molar-refractivity contribution in [1.82, 2.24) is 23.1 Å². The van der Waals surface area contributed by atoms with Gasteiger partial charge in [-0.25, -0.2) is 4.79 Å². The molecule has 0 aliphatic heterocycles. The number of aliphatic hydroxyl groups excluding tert-OH is 1. The average molecular weight is 427 g/mol. The van der Waals surface area contributed by atoms with E-state index in [0.717, 1.165) is 21.6 Å². The highest BCUT2D eigenvalue weighted by Gasteiger charge is 2.24. The summed E-state index contributed by atoms with van der Waals surface area (Å²) in [6, 6.07) is 5.46. The zero-order valence-electron chi connectivity index (χ0n) is 18.2. The normalized spacial score (nSPS) is 11.5. The highest BCUT2D eigenvalue weighted by Crippen LogP contribution is 2.32. The zero-order chi connectivity index (χ0) is 22.4. The van der Waals surface area contributed by atoms with Crippen LogP contribution in [0.1, 0.15) is 17.8 Å². The van der Waals surface area contributed by atoms with Crippen LogP contribution in [-0.2, 0) is 13.6 Å². The number of benzene rings is 1. The van der Waals surface area contributed by atoms with E-state index in [9.17, 15) is 9.59 Å². The molecule has 10 heteroatoms. The van der Waals surface area contributed by atoms with E-state index in [-0.39, 0.29) is 13.2 Å². The summed E-state index contributed by atoms with van der Waals surface area (Å²) in [5.74, 6) is 1.74. The number of rotatable bonds is 6. The first kappa shape index (κ1) is 20.7. The molecule has 1 N–H and O–H groups in total. The number of methoxy groups -OCH3 is 2. The second kappa shape index (κ2) is 7.62. The fourth-order valence-corrected chi connectivity index (χ4v) is 3.93. The lowest BCUT2D eigenvalue weighted by atomic mass is 10.2. The molecule has 0 aliphatic rings. The van der Waals surface area contributed by atoms with Crippen LogP contribution in [-0.4, -0.2) is 49.0 Å². The van der Waals surface area contributed by atoms with Gasteiger partial charge in [0, 0.05) is 37.7 Å². The standard InChI is InChI=1S/C21H25N5O5/c1-12-13(2)26-17-18(23(3)21(29)24(19(17)28)9-6-10-27)22-20(26)25(12)15-8-7-14(30-4)11-16(15)31-5/h7-8,11,27H,6,9-10H2,1-5H3. The minimum Gasteiger partial charge on any atom is -0.497 e. The summed E-state index contributed by atoms with van der Waals surface area (Å²) in [6.07, 6.45) is 0.310. The van der Waals surface area contributed by atoms with E-state index in [2.05, 4.69) is 4.98 Å². The van der Waals surface area contributed by atoms with E-state index >= 15 is 0 Å².